The summed E-state index contributed by atoms with van der Waals surface area (Å²) >= 11 is 0. The molecule has 1 saturated carbocycles. The van der Waals surface area contributed by atoms with Crippen molar-refractivity contribution in [2.45, 2.75) is 70.8 Å². The van der Waals surface area contributed by atoms with E-state index >= 15 is 0 Å². The molecule has 4 amide bonds. The fraction of sp³-hybridized carbons (Fsp3) is 0.842. The van der Waals surface area contributed by atoms with Crippen LogP contribution in [0.3, 0.4) is 0 Å². The number of nitrogens with one attached hydrogen (secondary N) is 1. The van der Waals surface area contributed by atoms with E-state index in [1.165, 1.54) is 6.42 Å². The standard InChI is InChI=1S/C19H31N3O3/c1-14-10-15(2)12-21(11-14)16(23)13-22-17(24)19(20-18(22)25)8-6-4-3-5-7-9-19/h14-15H,3-13H2,1-2H3,(H,20,25)/t14-,15-/m1/s1. The van der Waals surface area contributed by atoms with Crippen LogP contribution in [0.4, 0.5) is 4.79 Å². The Hall–Kier alpha value is -1.59. The van der Waals surface area contributed by atoms with Crippen molar-refractivity contribution in [3.8, 4) is 0 Å². The van der Waals surface area contributed by atoms with Crippen molar-refractivity contribution in [2.75, 3.05) is 19.6 Å². The molecule has 3 aliphatic rings. The minimum Gasteiger partial charge on any atom is -0.341 e. The summed E-state index contributed by atoms with van der Waals surface area (Å²) in [7, 11) is 0. The quantitative estimate of drug-likeness (QED) is 0.779. The number of hydrogen-bond acceptors (Lipinski definition) is 3. The molecule has 6 heteroatoms. The highest BCUT2D eigenvalue weighted by Crippen LogP contribution is 2.32. The van der Waals surface area contributed by atoms with Gasteiger partial charge in [-0.2, -0.15) is 0 Å². The first-order valence-electron chi connectivity index (χ1n) is 9.83. The fourth-order valence-corrected chi connectivity index (χ4v) is 4.77. The van der Waals surface area contributed by atoms with Crippen LogP contribution >= 0.6 is 0 Å². The van der Waals surface area contributed by atoms with Crippen molar-refractivity contribution in [3.05, 3.63) is 0 Å². The lowest BCUT2D eigenvalue weighted by Crippen LogP contribution is -2.50. The Morgan fingerprint density at radius 3 is 2.20 bits per heavy atom. The van der Waals surface area contributed by atoms with Gasteiger partial charge in [-0.05, 0) is 31.1 Å². The number of amides is 4. The Bertz CT molecular complexity index is 530. The highest BCUT2D eigenvalue weighted by Gasteiger charge is 2.51. The van der Waals surface area contributed by atoms with Crippen LogP contribution in [0.15, 0.2) is 0 Å². The van der Waals surface area contributed by atoms with E-state index in [4.69, 9.17) is 0 Å². The Morgan fingerprint density at radius 2 is 1.60 bits per heavy atom. The maximum Gasteiger partial charge on any atom is 0.325 e. The van der Waals surface area contributed by atoms with Crippen molar-refractivity contribution in [2.24, 2.45) is 11.8 Å². The average Bonchev–Trinajstić information content (AvgIpc) is 2.75. The van der Waals surface area contributed by atoms with E-state index < -0.39 is 11.6 Å². The first kappa shape index (κ1) is 18.2. The first-order chi connectivity index (χ1) is 11.9. The molecule has 0 aromatic heterocycles. The Balaban J connectivity index is 1.67. The van der Waals surface area contributed by atoms with Gasteiger partial charge in [-0.3, -0.25) is 14.5 Å². The lowest BCUT2D eigenvalue weighted by Gasteiger charge is -2.35. The number of nitrogens with zero attached hydrogens (tertiary/aromatic N) is 2. The molecule has 25 heavy (non-hydrogen) atoms. The van der Waals surface area contributed by atoms with Gasteiger partial charge in [0, 0.05) is 13.1 Å². The molecule has 0 aromatic carbocycles. The van der Waals surface area contributed by atoms with Gasteiger partial charge in [-0.15, -0.1) is 0 Å². The van der Waals surface area contributed by atoms with Crippen molar-refractivity contribution in [3.63, 3.8) is 0 Å². The van der Waals surface area contributed by atoms with Gasteiger partial charge in [-0.1, -0.05) is 46.0 Å². The van der Waals surface area contributed by atoms with Gasteiger partial charge in [-0.25, -0.2) is 4.79 Å². The summed E-state index contributed by atoms with van der Waals surface area (Å²) in [5.74, 6) is 0.635. The van der Waals surface area contributed by atoms with Crippen LogP contribution in [0.2, 0.25) is 0 Å². The third-order valence-electron chi connectivity index (χ3n) is 5.97. The Labute approximate surface area is 150 Å². The number of piperidine rings is 1. The smallest absolute Gasteiger partial charge is 0.325 e. The molecular formula is C19H31N3O3. The molecule has 1 aliphatic carbocycles. The summed E-state index contributed by atoms with van der Waals surface area (Å²) in [6.45, 7) is 5.61. The van der Waals surface area contributed by atoms with E-state index in [2.05, 4.69) is 19.2 Å². The van der Waals surface area contributed by atoms with Crippen LogP contribution < -0.4 is 5.32 Å². The van der Waals surface area contributed by atoms with Crippen LogP contribution in [-0.2, 0) is 9.59 Å². The summed E-state index contributed by atoms with van der Waals surface area (Å²) in [4.78, 5) is 41.1. The van der Waals surface area contributed by atoms with Gasteiger partial charge in [0.2, 0.25) is 5.91 Å². The van der Waals surface area contributed by atoms with Crippen LogP contribution in [0.5, 0.6) is 0 Å². The van der Waals surface area contributed by atoms with Gasteiger partial charge in [0.15, 0.2) is 0 Å². The Kier molecular flexibility index (Phi) is 5.35. The van der Waals surface area contributed by atoms with E-state index in [0.717, 1.165) is 50.1 Å². The lowest BCUT2D eigenvalue weighted by atomic mass is 9.84. The number of hydrogen-bond donors (Lipinski definition) is 1. The number of likely N-dealkylation sites (tertiary alicyclic amines) is 1. The maximum absolute atomic E-state index is 13.0. The number of carbonyl (C=O) groups is 3. The predicted octanol–water partition coefficient (Wildman–Crippen LogP) is 2.53. The second kappa shape index (κ2) is 7.34. The summed E-state index contributed by atoms with van der Waals surface area (Å²) in [5.41, 5.74) is -0.764. The first-order valence-corrected chi connectivity index (χ1v) is 9.83. The SMILES string of the molecule is C[C@@H]1C[C@@H](C)CN(C(=O)CN2C(=O)NC3(CCCCCCC3)C2=O)C1. The van der Waals surface area contributed by atoms with Gasteiger partial charge >= 0.3 is 6.03 Å². The predicted molar refractivity (Wildman–Crippen MR) is 94.8 cm³/mol. The molecule has 2 aliphatic heterocycles. The molecule has 6 nitrogen and oxygen atoms in total. The van der Waals surface area contributed by atoms with E-state index in [9.17, 15) is 14.4 Å². The van der Waals surface area contributed by atoms with E-state index in [0.29, 0.717) is 24.7 Å². The minimum absolute atomic E-state index is 0.107. The molecule has 1 N–H and O–H groups in total. The molecule has 2 saturated heterocycles. The van der Waals surface area contributed by atoms with Gasteiger partial charge in [0.25, 0.3) is 5.91 Å². The Morgan fingerprint density at radius 1 is 1.04 bits per heavy atom. The molecule has 3 fully saturated rings. The second-order valence-corrected chi connectivity index (χ2v) is 8.42. The molecule has 0 aromatic rings. The molecule has 2 heterocycles. The molecule has 3 rings (SSSR count). The van der Waals surface area contributed by atoms with Crippen molar-refractivity contribution in [1.29, 1.82) is 0 Å². The maximum atomic E-state index is 13.0. The third kappa shape index (κ3) is 3.82. The van der Waals surface area contributed by atoms with Crippen LogP contribution in [0.1, 0.15) is 65.2 Å². The van der Waals surface area contributed by atoms with Crippen LogP contribution in [-0.4, -0.2) is 52.8 Å². The monoisotopic (exact) mass is 349 g/mol. The molecule has 140 valence electrons. The highest BCUT2D eigenvalue weighted by atomic mass is 16.2. The zero-order chi connectivity index (χ0) is 18.0. The van der Waals surface area contributed by atoms with E-state index in [-0.39, 0.29) is 18.4 Å². The molecule has 1 spiro atoms. The van der Waals surface area contributed by atoms with E-state index in [1.54, 1.807) is 0 Å². The third-order valence-corrected chi connectivity index (χ3v) is 5.97. The average molecular weight is 349 g/mol. The summed E-state index contributed by atoms with van der Waals surface area (Å²) in [5, 5.41) is 2.93. The number of urea groups is 1. The topological polar surface area (TPSA) is 69.7 Å². The molecular weight excluding hydrogens is 318 g/mol. The lowest BCUT2D eigenvalue weighted by molar-refractivity contribution is -0.140. The van der Waals surface area contributed by atoms with Crippen LogP contribution in [0.25, 0.3) is 0 Å². The van der Waals surface area contributed by atoms with Crippen molar-refractivity contribution in [1.82, 2.24) is 15.1 Å². The minimum atomic E-state index is -0.764. The van der Waals surface area contributed by atoms with Gasteiger partial charge < -0.3 is 10.2 Å². The molecule has 2 atom stereocenters. The van der Waals surface area contributed by atoms with Crippen molar-refractivity contribution < 1.29 is 14.4 Å². The van der Waals surface area contributed by atoms with Crippen molar-refractivity contribution >= 4 is 17.8 Å². The normalized spacial score (nSPS) is 30.2. The van der Waals surface area contributed by atoms with E-state index in [1.807, 2.05) is 4.90 Å². The highest BCUT2D eigenvalue weighted by molar-refractivity contribution is 6.09. The summed E-state index contributed by atoms with van der Waals surface area (Å²) in [6.07, 6.45) is 7.83. The summed E-state index contributed by atoms with van der Waals surface area (Å²) < 4.78 is 0. The number of imide groups is 1. The zero-order valence-corrected chi connectivity index (χ0v) is 15.6. The largest absolute Gasteiger partial charge is 0.341 e. The van der Waals surface area contributed by atoms with Gasteiger partial charge in [0.05, 0.1) is 0 Å². The zero-order valence-electron chi connectivity index (χ0n) is 15.6. The van der Waals surface area contributed by atoms with Gasteiger partial charge in [0.1, 0.15) is 12.1 Å². The molecule has 0 unspecified atom stereocenters. The molecule has 0 radical (unpaired) electrons. The molecule has 0 bridgehead atoms. The number of carbonyl (C=O) groups excluding carboxylic acids is 3. The second-order valence-electron chi connectivity index (χ2n) is 8.42. The fourth-order valence-electron chi connectivity index (χ4n) is 4.77. The number of rotatable bonds is 2. The van der Waals surface area contributed by atoms with Crippen LogP contribution in [0, 0.1) is 11.8 Å². The summed E-state index contributed by atoms with van der Waals surface area (Å²) in [6, 6.07) is -0.392.